The van der Waals surface area contributed by atoms with Gasteiger partial charge in [0, 0.05) is 5.54 Å². The standard InChI is InChI=1S/C11H14N2O2/c1-11(2,13-15)7-9-3-5-10(6-4-9)12-8-14/h3-6,13,15H,7H2,1-2H3. The first-order valence-corrected chi connectivity index (χ1v) is 4.65. The van der Waals surface area contributed by atoms with Crippen molar-refractivity contribution in [3.8, 4) is 0 Å². The maximum Gasteiger partial charge on any atom is 0.240 e. The smallest absolute Gasteiger partial charge is 0.240 e. The SMILES string of the molecule is CC(C)(Cc1ccc(N=C=O)cc1)NO. The van der Waals surface area contributed by atoms with E-state index in [-0.39, 0.29) is 5.54 Å². The Hall–Kier alpha value is -1.48. The van der Waals surface area contributed by atoms with E-state index in [0.29, 0.717) is 12.1 Å². The van der Waals surface area contributed by atoms with Gasteiger partial charge in [-0.3, -0.25) is 0 Å². The molecule has 15 heavy (non-hydrogen) atoms. The van der Waals surface area contributed by atoms with Crippen LogP contribution in [0.4, 0.5) is 5.69 Å². The first-order chi connectivity index (χ1) is 7.07. The molecule has 0 bridgehead atoms. The molecule has 0 unspecified atom stereocenters. The molecule has 0 radical (unpaired) electrons. The molecule has 1 rings (SSSR count). The van der Waals surface area contributed by atoms with E-state index >= 15 is 0 Å². The van der Waals surface area contributed by atoms with Crippen molar-refractivity contribution in [1.29, 1.82) is 0 Å². The second kappa shape index (κ2) is 4.84. The molecular formula is C11H14N2O2. The van der Waals surface area contributed by atoms with Gasteiger partial charge in [-0.05, 0) is 38.0 Å². The van der Waals surface area contributed by atoms with Crippen molar-refractivity contribution < 1.29 is 10.0 Å². The molecule has 80 valence electrons. The van der Waals surface area contributed by atoms with Crippen molar-refractivity contribution in [2.45, 2.75) is 25.8 Å². The van der Waals surface area contributed by atoms with Crippen LogP contribution in [0.15, 0.2) is 29.3 Å². The monoisotopic (exact) mass is 206 g/mol. The summed E-state index contributed by atoms with van der Waals surface area (Å²) in [6.07, 6.45) is 2.17. The predicted molar refractivity (Wildman–Crippen MR) is 56.9 cm³/mol. The van der Waals surface area contributed by atoms with Gasteiger partial charge in [-0.2, -0.15) is 10.5 Å². The molecular weight excluding hydrogens is 192 g/mol. The third-order valence-corrected chi connectivity index (χ3v) is 2.06. The summed E-state index contributed by atoms with van der Waals surface area (Å²) >= 11 is 0. The van der Waals surface area contributed by atoms with E-state index in [4.69, 9.17) is 5.21 Å². The fourth-order valence-electron chi connectivity index (χ4n) is 1.29. The number of isocyanates is 1. The van der Waals surface area contributed by atoms with Gasteiger partial charge in [0.25, 0.3) is 0 Å². The lowest BCUT2D eigenvalue weighted by atomic mass is 9.96. The summed E-state index contributed by atoms with van der Waals surface area (Å²) < 4.78 is 0. The Bertz CT molecular complexity index is 365. The number of nitrogens with zero attached hydrogens (tertiary/aromatic N) is 1. The van der Waals surface area contributed by atoms with E-state index < -0.39 is 0 Å². The quantitative estimate of drug-likeness (QED) is 0.449. The fraction of sp³-hybridized carbons (Fsp3) is 0.364. The van der Waals surface area contributed by atoms with E-state index in [1.807, 2.05) is 26.0 Å². The highest BCUT2D eigenvalue weighted by molar-refractivity contribution is 5.49. The highest BCUT2D eigenvalue weighted by Gasteiger charge is 2.16. The Morgan fingerprint density at radius 2 is 2.00 bits per heavy atom. The molecule has 0 saturated carbocycles. The third-order valence-electron chi connectivity index (χ3n) is 2.06. The normalized spacial score (nSPS) is 10.9. The molecule has 0 aliphatic heterocycles. The molecule has 0 saturated heterocycles. The summed E-state index contributed by atoms with van der Waals surface area (Å²) in [7, 11) is 0. The van der Waals surface area contributed by atoms with Gasteiger partial charge in [0.15, 0.2) is 0 Å². The molecule has 0 aliphatic rings. The van der Waals surface area contributed by atoms with Gasteiger partial charge < -0.3 is 5.21 Å². The van der Waals surface area contributed by atoms with E-state index in [1.54, 1.807) is 12.1 Å². The predicted octanol–water partition coefficient (Wildman–Crippen LogP) is 1.95. The molecule has 1 aromatic carbocycles. The van der Waals surface area contributed by atoms with Crippen LogP contribution < -0.4 is 5.48 Å². The lowest BCUT2D eigenvalue weighted by Gasteiger charge is -2.22. The van der Waals surface area contributed by atoms with Gasteiger partial charge >= 0.3 is 0 Å². The molecule has 0 aliphatic carbocycles. The molecule has 0 fully saturated rings. The van der Waals surface area contributed by atoms with Gasteiger partial charge in [-0.15, -0.1) is 0 Å². The van der Waals surface area contributed by atoms with Crippen molar-refractivity contribution in [2.24, 2.45) is 4.99 Å². The summed E-state index contributed by atoms with van der Waals surface area (Å²) in [6, 6.07) is 7.23. The van der Waals surface area contributed by atoms with E-state index in [0.717, 1.165) is 5.56 Å². The summed E-state index contributed by atoms with van der Waals surface area (Å²) in [4.78, 5) is 13.5. The fourth-order valence-corrected chi connectivity index (χ4v) is 1.29. The maximum atomic E-state index is 10.00. The van der Waals surface area contributed by atoms with Crippen molar-refractivity contribution >= 4 is 11.8 Å². The number of hydroxylamine groups is 1. The van der Waals surface area contributed by atoms with Crippen LogP contribution in [0, 0.1) is 0 Å². The summed E-state index contributed by atoms with van der Waals surface area (Å²) in [5, 5.41) is 8.87. The second-order valence-electron chi connectivity index (χ2n) is 4.04. The molecule has 1 aromatic rings. The number of hydrogen-bond acceptors (Lipinski definition) is 4. The Labute approximate surface area is 88.6 Å². The molecule has 4 heteroatoms. The van der Waals surface area contributed by atoms with Crippen LogP contribution in [0.1, 0.15) is 19.4 Å². The van der Waals surface area contributed by atoms with Gasteiger partial charge in [-0.25, -0.2) is 4.79 Å². The zero-order chi connectivity index (χ0) is 11.3. The number of rotatable bonds is 4. The van der Waals surface area contributed by atoms with E-state index in [2.05, 4.69) is 10.5 Å². The average Bonchev–Trinajstić information content (AvgIpc) is 2.21. The second-order valence-corrected chi connectivity index (χ2v) is 4.04. The van der Waals surface area contributed by atoms with Crippen LogP contribution in [0.2, 0.25) is 0 Å². The van der Waals surface area contributed by atoms with E-state index in [1.165, 1.54) is 6.08 Å². The minimum absolute atomic E-state index is 0.366. The highest BCUT2D eigenvalue weighted by Crippen LogP contribution is 2.16. The van der Waals surface area contributed by atoms with E-state index in [9.17, 15) is 4.79 Å². The Morgan fingerprint density at radius 3 is 2.47 bits per heavy atom. The van der Waals surface area contributed by atoms with Crippen LogP contribution in [-0.2, 0) is 11.2 Å². The number of benzene rings is 1. The van der Waals surface area contributed by atoms with Crippen molar-refractivity contribution in [2.75, 3.05) is 0 Å². The lowest BCUT2D eigenvalue weighted by Crippen LogP contribution is -2.38. The van der Waals surface area contributed by atoms with Crippen molar-refractivity contribution in [3.05, 3.63) is 29.8 Å². The van der Waals surface area contributed by atoms with Crippen LogP contribution in [0.25, 0.3) is 0 Å². The van der Waals surface area contributed by atoms with Gasteiger partial charge in [0.05, 0.1) is 5.69 Å². The Morgan fingerprint density at radius 1 is 1.40 bits per heavy atom. The van der Waals surface area contributed by atoms with Crippen LogP contribution in [0.3, 0.4) is 0 Å². The zero-order valence-corrected chi connectivity index (χ0v) is 8.82. The minimum Gasteiger partial charge on any atom is -0.316 e. The number of aliphatic imine (C=N–C) groups is 1. The van der Waals surface area contributed by atoms with Crippen LogP contribution >= 0.6 is 0 Å². The van der Waals surface area contributed by atoms with Crippen LogP contribution in [-0.4, -0.2) is 16.8 Å². The molecule has 0 atom stereocenters. The largest absolute Gasteiger partial charge is 0.316 e. The Kier molecular flexibility index (Phi) is 3.74. The maximum absolute atomic E-state index is 10.00. The highest BCUT2D eigenvalue weighted by atomic mass is 16.5. The van der Waals surface area contributed by atoms with Crippen molar-refractivity contribution in [3.63, 3.8) is 0 Å². The van der Waals surface area contributed by atoms with Gasteiger partial charge in [0.2, 0.25) is 6.08 Å². The minimum atomic E-state index is -0.366. The number of hydrogen-bond donors (Lipinski definition) is 2. The van der Waals surface area contributed by atoms with Gasteiger partial charge in [0.1, 0.15) is 0 Å². The molecule has 0 spiro atoms. The summed E-state index contributed by atoms with van der Waals surface area (Å²) in [5.74, 6) is 0. The summed E-state index contributed by atoms with van der Waals surface area (Å²) in [6.45, 7) is 3.79. The Balaban J connectivity index is 2.76. The molecule has 0 amide bonds. The van der Waals surface area contributed by atoms with Gasteiger partial charge in [-0.1, -0.05) is 12.1 Å². The molecule has 2 N–H and O–H groups in total. The molecule has 4 nitrogen and oxygen atoms in total. The first-order valence-electron chi connectivity index (χ1n) is 4.65. The zero-order valence-electron chi connectivity index (χ0n) is 8.82. The number of nitrogens with one attached hydrogen (secondary N) is 1. The topological polar surface area (TPSA) is 61.7 Å². The third kappa shape index (κ3) is 3.64. The number of carbonyl (C=O) groups excluding carboxylic acids is 1. The first kappa shape index (κ1) is 11.6. The summed E-state index contributed by atoms with van der Waals surface area (Å²) in [5.41, 5.74) is 3.53. The molecule has 0 heterocycles. The van der Waals surface area contributed by atoms with Crippen molar-refractivity contribution in [1.82, 2.24) is 5.48 Å². The molecule has 0 aromatic heterocycles. The lowest BCUT2D eigenvalue weighted by molar-refractivity contribution is 0.0817. The average molecular weight is 206 g/mol. The van der Waals surface area contributed by atoms with Crippen LogP contribution in [0.5, 0.6) is 0 Å².